The van der Waals surface area contributed by atoms with E-state index in [0.29, 0.717) is 6.54 Å². The number of aromatic amines is 1. The molecule has 1 amide bonds. The molecule has 4 N–H and O–H groups in total. The molecule has 1 saturated carbocycles. The number of hydrogen-bond donors (Lipinski definition) is 3. The summed E-state index contributed by atoms with van der Waals surface area (Å²) < 4.78 is 0. The number of nitrogens with one attached hydrogen (secondary N) is 2. The van der Waals surface area contributed by atoms with E-state index in [1.54, 1.807) is 6.20 Å². The minimum atomic E-state index is 0.141. The molecule has 0 spiro atoms. The summed E-state index contributed by atoms with van der Waals surface area (Å²) in [4.78, 5) is 11.9. The predicted octanol–water partition coefficient (Wildman–Crippen LogP) is 0.852. The smallest absolute Gasteiger partial charge is 0.223 e. The monoisotopic (exact) mass is 236 g/mol. The van der Waals surface area contributed by atoms with Crippen LogP contribution in [-0.2, 0) is 11.3 Å². The number of hydrogen-bond acceptors (Lipinski definition) is 3. The van der Waals surface area contributed by atoms with Crippen LogP contribution in [0.2, 0.25) is 0 Å². The van der Waals surface area contributed by atoms with Gasteiger partial charge in [0.15, 0.2) is 0 Å². The first-order chi connectivity index (χ1) is 8.16. The molecule has 2 rings (SSSR count). The number of rotatable bonds is 3. The molecule has 17 heavy (non-hydrogen) atoms. The van der Waals surface area contributed by atoms with E-state index in [1.165, 1.54) is 0 Å². The van der Waals surface area contributed by atoms with Gasteiger partial charge in [-0.3, -0.25) is 9.89 Å². The zero-order valence-corrected chi connectivity index (χ0v) is 10.2. The van der Waals surface area contributed by atoms with Gasteiger partial charge in [0, 0.05) is 29.8 Å². The van der Waals surface area contributed by atoms with E-state index in [1.807, 2.05) is 6.92 Å². The molecule has 0 saturated heterocycles. The molecule has 1 fully saturated rings. The van der Waals surface area contributed by atoms with Crippen molar-refractivity contribution in [2.24, 2.45) is 11.7 Å². The molecular formula is C12H20N4O. The number of carbonyl (C=O) groups excluding carboxylic acids is 1. The summed E-state index contributed by atoms with van der Waals surface area (Å²) in [7, 11) is 0. The van der Waals surface area contributed by atoms with Gasteiger partial charge in [0.2, 0.25) is 5.91 Å². The Hall–Kier alpha value is -1.36. The molecule has 0 bridgehead atoms. The van der Waals surface area contributed by atoms with Gasteiger partial charge in [0.1, 0.15) is 0 Å². The Kier molecular flexibility index (Phi) is 3.78. The van der Waals surface area contributed by atoms with Crippen LogP contribution in [0, 0.1) is 12.8 Å². The van der Waals surface area contributed by atoms with E-state index in [0.717, 1.165) is 36.9 Å². The Labute approximate surface area is 101 Å². The van der Waals surface area contributed by atoms with Crippen molar-refractivity contribution in [3.63, 3.8) is 0 Å². The second-order valence-corrected chi connectivity index (χ2v) is 4.85. The molecule has 1 aliphatic rings. The van der Waals surface area contributed by atoms with Crippen molar-refractivity contribution in [1.29, 1.82) is 0 Å². The highest BCUT2D eigenvalue weighted by atomic mass is 16.1. The second-order valence-electron chi connectivity index (χ2n) is 4.85. The van der Waals surface area contributed by atoms with E-state index in [-0.39, 0.29) is 17.9 Å². The molecule has 1 heterocycles. The Bertz CT molecular complexity index is 380. The van der Waals surface area contributed by atoms with Crippen molar-refractivity contribution in [3.05, 3.63) is 17.5 Å². The standard InChI is InChI=1S/C12H20N4O/c1-8-10(7-15-16-8)6-14-12(17)9-2-4-11(13)5-3-9/h7,9,11H,2-6,13H2,1H3,(H,14,17)(H,15,16). The maximum Gasteiger partial charge on any atom is 0.223 e. The fraction of sp³-hybridized carbons (Fsp3) is 0.667. The lowest BCUT2D eigenvalue weighted by Gasteiger charge is -2.25. The number of nitrogens with zero attached hydrogens (tertiary/aromatic N) is 1. The number of amides is 1. The third-order valence-electron chi connectivity index (χ3n) is 3.53. The molecule has 1 aromatic heterocycles. The summed E-state index contributed by atoms with van der Waals surface area (Å²) in [5.41, 5.74) is 7.88. The molecule has 1 aromatic rings. The van der Waals surface area contributed by atoms with Gasteiger partial charge in [-0.25, -0.2) is 0 Å². The molecule has 0 atom stereocenters. The number of aromatic nitrogens is 2. The maximum atomic E-state index is 11.9. The summed E-state index contributed by atoms with van der Waals surface area (Å²) in [5, 5.41) is 9.76. The molecule has 0 aliphatic heterocycles. The van der Waals surface area contributed by atoms with Gasteiger partial charge >= 0.3 is 0 Å². The Morgan fingerprint density at radius 2 is 2.24 bits per heavy atom. The van der Waals surface area contributed by atoms with Crippen molar-refractivity contribution >= 4 is 5.91 Å². The lowest BCUT2D eigenvalue weighted by molar-refractivity contribution is -0.126. The summed E-state index contributed by atoms with van der Waals surface area (Å²) in [6.07, 6.45) is 5.51. The normalized spacial score (nSPS) is 24.6. The summed E-state index contributed by atoms with van der Waals surface area (Å²) in [6.45, 7) is 2.51. The third kappa shape index (κ3) is 3.06. The zero-order valence-electron chi connectivity index (χ0n) is 10.2. The second kappa shape index (κ2) is 5.31. The van der Waals surface area contributed by atoms with Crippen molar-refractivity contribution in [2.75, 3.05) is 0 Å². The van der Waals surface area contributed by atoms with Crippen molar-refractivity contribution in [1.82, 2.24) is 15.5 Å². The minimum absolute atomic E-state index is 0.141. The lowest BCUT2D eigenvalue weighted by atomic mass is 9.86. The molecule has 94 valence electrons. The van der Waals surface area contributed by atoms with Crippen LogP contribution in [0.3, 0.4) is 0 Å². The quantitative estimate of drug-likeness (QED) is 0.727. The molecule has 0 aromatic carbocycles. The fourth-order valence-corrected chi connectivity index (χ4v) is 2.26. The molecule has 5 heteroatoms. The minimum Gasteiger partial charge on any atom is -0.352 e. The van der Waals surface area contributed by atoms with Gasteiger partial charge in [-0.2, -0.15) is 5.10 Å². The summed E-state index contributed by atoms with van der Waals surface area (Å²) >= 11 is 0. The SMILES string of the molecule is Cc1[nH]ncc1CNC(=O)C1CCC(N)CC1. The highest BCUT2D eigenvalue weighted by Gasteiger charge is 2.24. The predicted molar refractivity (Wildman–Crippen MR) is 65.1 cm³/mol. The highest BCUT2D eigenvalue weighted by molar-refractivity contribution is 5.78. The van der Waals surface area contributed by atoms with Crippen LogP contribution in [0.25, 0.3) is 0 Å². The van der Waals surface area contributed by atoms with Crippen LogP contribution in [-0.4, -0.2) is 22.1 Å². The first-order valence-electron chi connectivity index (χ1n) is 6.19. The maximum absolute atomic E-state index is 11.9. The van der Waals surface area contributed by atoms with Gasteiger partial charge in [0.05, 0.1) is 6.20 Å². The Balaban J connectivity index is 1.80. The van der Waals surface area contributed by atoms with Crippen LogP contribution in [0.15, 0.2) is 6.20 Å². The topological polar surface area (TPSA) is 83.8 Å². The molecule has 1 aliphatic carbocycles. The highest BCUT2D eigenvalue weighted by Crippen LogP contribution is 2.23. The van der Waals surface area contributed by atoms with E-state index >= 15 is 0 Å². The number of carbonyl (C=O) groups is 1. The van der Waals surface area contributed by atoms with E-state index in [4.69, 9.17) is 5.73 Å². The van der Waals surface area contributed by atoms with Gasteiger partial charge in [0.25, 0.3) is 0 Å². The van der Waals surface area contributed by atoms with Crippen molar-refractivity contribution < 1.29 is 4.79 Å². The van der Waals surface area contributed by atoms with Crippen LogP contribution >= 0.6 is 0 Å². The van der Waals surface area contributed by atoms with E-state index < -0.39 is 0 Å². The molecule has 0 unspecified atom stereocenters. The summed E-state index contributed by atoms with van der Waals surface area (Å²) in [5.74, 6) is 0.291. The van der Waals surface area contributed by atoms with E-state index in [2.05, 4.69) is 15.5 Å². The largest absolute Gasteiger partial charge is 0.352 e. The van der Waals surface area contributed by atoms with Gasteiger partial charge in [-0.1, -0.05) is 0 Å². The first kappa shape index (κ1) is 12.1. The van der Waals surface area contributed by atoms with Crippen LogP contribution < -0.4 is 11.1 Å². The number of nitrogens with two attached hydrogens (primary N) is 1. The average Bonchev–Trinajstić information content (AvgIpc) is 2.73. The summed E-state index contributed by atoms with van der Waals surface area (Å²) in [6, 6.07) is 0.287. The lowest BCUT2D eigenvalue weighted by Crippen LogP contribution is -2.35. The van der Waals surface area contributed by atoms with Gasteiger partial charge in [-0.15, -0.1) is 0 Å². The van der Waals surface area contributed by atoms with Gasteiger partial charge in [-0.05, 0) is 32.6 Å². The fourth-order valence-electron chi connectivity index (χ4n) is 2.26. The number of H-pyrrole nitrogens is 1. The van der Waals surface area contributed by atoms with Crippen LogP contribution in [0.5, 0.6) is 0 Å². The Morgan fingerprint density at radius 1 is 1.53 bits per heavy atom. The average molecular weight is 236 g/mol. The third-order valence-corrected chi connectivity index (χ3v) is 3.53. The molecular weight excluding hydrogens is 216 g/mol. The molecule has 0 radical (unpaired) electrons. The first-order valence-corrected chi connectivity index (χ1v) is 6.19. The Morgan fingerprint density at radius 3 is 2.82 bits per heavy atom. The van der Waals surface area contributed by atoms with Gasteiger partial charge < -0.3 is 11.1 Å². The zero-order chi connectivity index (χ0) is 12.3. The molecule has 5 nitrogen and oxygen atoms in total. The van der Waals surface area contributed by atoms with Crippen molar-refractivity contribution in [2.45, 2.75) is 45.2 Å². The van der Waals surface area contributed by atoms with Crippen LogP contribution in [0.1, 0.15) is 36.9 Å². The van der Waals surface area contributed by atoms with E-state index in [9.17, 15) is 4.79 Å². The van der Waals surface area contributed by atoms with Crippen molar-refractivity contribution in [3.8, 4) is 0 Å². The number of aryl methyl sites for hydroxylation is 1. The van der Waals surface area contributed by atoms with Crippen LogP contribution in [0.4, 0.5) is 0 Å².